The van der Waals surface area contributed by atoms with E-state index in [9.17, 15) is 14.0 Å². The van der Waals surface area contributed by atoms with Crippen molar-refractivity contribution in [1.82, 2.24) is 34.9 Å². The Labute approximate surface area is 226 Å². The summed E-state index contributed by atoms with van der Waals surface area (Å²) in [5.41, 5.74) is 0.594. The molecule has 0 spiro atoms. The second kappa shape index (κ2) is 9.26. The fourth-order valence-corrected chi connectivity index (χ4v) is 5.63. The summed E-state index contributed by atoms with van der Waals surface area (Å²) in [4.78, 5) is 40.2. The highest BCUT2D eigenvalue weighted by Gasteiger charge is 2.52. The number of nitrogens with one attached hydrogen (secondary N) is 2. The highest BCUT2D eigenvalue weighted by atomic mass is 79.9. The van der Waals surface area contributed by atoms with Crippen LogP contribution in [0.15, 0.2) is 41.3 Å². The molecule has 0 radical (unpaired) electrons. The molecule has 6 rings (SSSR count). The number of halogens is 2. The number of rotatable bonds is 6. The second-order valence-electron chi connectivity index (χ2n) is 10.3. The van der Waals surface area contributed by atoms with Gasteiger partial charge in [0.15, 0.2) is 11.5 Å². The lowest BCUT2D eigenvalue weighted by Gasteiger charge is -2.22. The van der Waals surface area contributed by atoms with E-state index in [1.807, 2.05) is 6.07 Å². The van der Waals surface area contributed by atoms with Gasteiger partial charge < -0.3 is 15.5 Å². The van der Waals surface area contributed by atoms with Gasteiger partial charge in [-0.1, -0.05) is 6.07 Å². The molecule has 1 aromatic carbocycles. The first kappa shape index (κ1) is 24.7. The highest BCUT2D eigenvalue weighted by molar-refractivity contribution is 9.10. The normalized spacial score (nSPS) is 20.0. The largest absolute Gasteiger partial charge is 0.351 e. The van der Waals surface area contributed by atoms with Gasteiger partial charge >= 0.3 is 0 Å². The van der Waals surface area contributed by atoms with Crippen LogP contribution in [0.2, 0.25) is 0 Å². The van der Waals surface area contributed by atoms with Gasteiger partial charge in [0, 0.05) is 49.9 Å². The zero-order valence-corrected chi connectivity index (χ0v) is 22.5. The fourth-order valence-electron chi connectivity index (χ4n) is 5.19. The summed E-state index contributed by atoms with van der Waals surface area (Å²) in [6.07, 6.45) is 6.69. The van der Waals surface area contributed by atoms with Gasteiger partial charge in [0.2, 0.25) is 17.8 Å². The molecule has 2 amide bonds. The number of benzene rings is 1. The number of pyridine rings is 1. The van der Waals surface area contributed by atoms with Crippen LogP contribution in [0, 0.1) is 11.7 Å². The van der Waals surface area contributed by atoms with E-state index in [-0.39, 0.29) is 23.8 Å². The average Bonchev–Trinajstić information content (AvgIpc) is 3.39. The summed E-state index contributed by atoms with van der Waals surface area (Å²) in [6, 6.07) is 6.76. The standard InChI is InChI=1S/C26H26BrFN8O2/c1-35(2)24(38)26(7-8-26)33-23(37)15-5-6-16(10-15)31-25-30-13-18-21(27)34-36(22(18)32-25)17-11-14-4-3-9-29-20(14)19(28)12-17/h3-4,9,11-13,15-16H,5-8,10H2,1-2H3,(H,33,37)(H,30,31,32)/t15-,16-/m1/s1. The molecule has 10 nitrogen and oxygen atoms in total. The Kier molecular flexibility index (Phi) is 6.01. The smallest absolute Gasteiger partial charge is 0.247 e. The van der Waals surface area contributed by atoms with Gasteiger partial charge in [0.05, 0.1) is 11.1 Å². The van der Waals surface area contributed by atoms with E-state index in [4.69, 9.17) is 0 Å². The van der Waals surface area contributed by atoms with Crippen molar-refractivity contribution in [3.8, 4) is 5.69 Å². The predicted octanol–water partition coefficient (Wildman–Crippen LogP) is 3.58. The van der Waals surface area contributed by atoms with Crippen molar-refractivity contribution in [2.75, 3.05) is 19.4 Å². The minimum Gasteiger partial charge on any atom is -0.351 e. The predicted molar refractivity (Wildman–Crippen MR) is 143 cm³/mol. The number of fused-ring (bicyclic) bond motifs is 2. The molecule has 2 atom stereocenters. The summed E-state index contributed by atoms with van der Waals surface area (Å²) in [5.74, 6) is -0.348. The number of anilines is 1. The number of carbonyl (C=O) groups excluding carboxylic acids is 2. The van der Waals surface area contributed by atoms with Crippen molar-refractivity contribution in [2.24, 2.45) is 5.92 Å². The van der Waals surface area contributed by atoms with Crippen LogP contribution in [0.4, 0.5) is 10.3 Å². The summed E-state index contributed by atoms with van der Waals surface area (Å²) >= 11 is 3.46. The highest BCUT2D eigenvalue weighted by Crippen LogP contribution is 2.38. The molecule has 3 aromatic heterocycles. The lowest BCUT2D eigenvalue weighted by atomic mass is 10.1. The molecule has 2 saturated carbocycles. The van der Waals surface area contributed by atoms with Gasteiger partial charge in [-0.05, 0) is 60.2 Å². The third kappa shape index (κ3) is 4.36. The van der Waals surface area contributed by atoms with Crippen LogP contribution in [0.25, 0.3) is 27.6 Å². The van der Waals surface area contributed by atoms with Crippen LogP contribution < -0.4 is 10.6 Å². The van der Waals surface area contributed by atoms with Crippen molar-refractivity contribution in [2.45, 2.75) is 43.7 Å². The number of likely N-dealkylation sites (N-methyl/N-ethyl adjacent to an activating group) is 1. The Hall–Kier alpha value is -3.67. The number of carbonyl (C=O) groups is 2. The van der Waals surface area contributed by atoms with E-state index in [0.717, 1.165) is 6.42 Å². The first-order valence-electron chi connectivity index (χ1n) is 12.5. The SMILES string of the molecule is CN(C)C(=O)C1(NC(=O)[C@@H]2CC[C@@H](Nc3ncc4c(Br)nn(-c5cc(F)c6ncccc6c5)c4n3)C2)CC1. The van der Waals surface area contributed by atoms with Crippen molar-refractivity contribution >= 4 is 55.6 Å². The molecule has 2 fully saturated rings. The van der Waals surface area contributed by atoms with Crippen LogP contribution in [0.5, 0.6) is 0 Å². The molecule has 0 aliphatic heterocycles. The van der Waals surface area contributed by atoms with E-state index in [0.29, 0.717) is 63.9 Å². The first-order chi connectivity index (χ1) is 18.2. The molecule has 12 heteroatoms. The van der Waals surface area contributed by atoms with Crippen LogP contribution in [-0.2, 0) is 9.59 Å². The lowest BCUT2D eigenvalue weighted by molar-refractivity contribution is -0.136. The average molecular weight is 581 g/mol. The van der Waals surface area contributed by atoms with Crippen molar-refractivity contribution in [3.05, 3.63) is 47.1 Å². The summed E-state index contributed by atoms with van der Waals surface area (Å²) in [6.45, 7) is 0. The lowest BCUT2D eigenvalue weighted by Crippen LogP contribution is -2.50. The Balaban J connectivity index is 1.20. The molecule has 2 aliphatic rings. The molecule has 2 N–H and O–H groups in total. The minimum atomic E-state index is -0.732. The number of amides is 2. The molecule has 3 heterocycles. The molecule has 0 saturated heterocycles. The molecule has 0 bridgehead atoms. The molecule has 4 aromatic rings. The van der Waals surface area contributed by atoms with Crippen molar-refractivity contribution in [1.29, 1.82) is 0 Å². The van der Waals surface area contributed by atoms with E-state index in [2.05, 4.69) is 46.6 Å². The number of hydrogen-bond donors (Lipinski definition) is 2. The van der Waals surface area contributed by atoms with E-state index < -0.39 is 11.4 Å². The number of hydrogen-bond acceptors (Lipinski definition) is 7. The van der Waals surface area contributed by atoms with Crippen molar-refractivity contribution in [3.63, 3.8) is 0 Å². The second-order valence-corrected chi connectivity index (χ2v) is 11.0. The zero-order chi connectivity index (χ0) is 26.6. The minimum absolute atomic E-state index is 0.00639. The van der Waals surface area contributed by atoms with Gasteiger partial charge in [-0.2, -0.15) is 10.1 Å². The number of aromatic nitrogens is 5. The van der Waals surface area contributed by atoms with Gasteiger partial charge in [-0.25, -0.2) is 14.1 Å². The molecule has 2 aliphatic carbocycles. The van der Waals surface area contributed by atoms with E-state index in [1.54, 1.807) is 43.3 Å². The maximum absolute atomic E-state index is 14.8. The third-order valence-corrected chi connectivity index (χ3v) is 7.92. The first-order valence-corrected chi connectivity index (χ1v) is 13.3. The molecular formula is C26H26BrFN8O2. The van der Waals surface area contributed by atoms with Gasteiger partial charge in [-0.3, -0.25) is 14.6 Å². The van der Waals surface area contributed by atoms with Crippen LogP contribution >= 0.6 is 15.9 Å². The zero-order valence-electron chi connectivity index (χ0n) is 20.9. The van der Waals surface area contributed by atoms with Gasteiger partial charge in [-0.15, -0.1) is 0 Å². The maximum atomic E-state index is 14.8. The van der Waals surface area contributed by atoms with E-state index >= 15 is 0 Å². The third-order valence-electron chi connectivity index (χ3n) is 7.33. The summed E-state index contributed by atoms with van der Waals surface area (Å²) < 4.78 is 16.9. The number of nitrogens with zero attached hydrogens (tertiary/aromatic N) is 6. The quantitative estimate of drug-likeness (QED) is 0.358. The molecule has 38 heavy (non-hydrogen) atoms. The van der Waals surface area contributed by atoms with E-state index in [1.165, 1.54) is 11.0 Å². The fraction of sp³-hybridized carbons (Fsp3) is 0.385. The topological polar surface area (TPSA) is 118 Å². The Morgan fingerprint density at radius 1 is 1.21 bits per heavy atom. The Bertz CT molecular complexity index is 1580. The molecule has 196 valence electrons. The van der Waals surface area contributed by atoms with Crippen LogP contribution in [0.1, 0.15) is 32.1 Å². The van der Waals surface area contributed by atoms with Crippen LogP contribution in [-0.4, -0.2) is 67.1 Å². The van der Waals surface area contributed by atoms with Crippen molar-refractivity contribution < 1.29 is 14.0 Å². The summed E-state index contributed by atoms with van der Waals surface area (Å²) in [5, 5.41) is 12.2. The molecule has 0 unspecified atom stereocenters. The molecular weight excluding hydrogens is 555 g/mol. The Morgan fingerprint density at radius 2 is 2.03 bits per heavy atom. The summed E-state index contributed by atoms with van der Waals surface area (Å²) in [7, 11) is 3.41. The maximum Gasteiger partial charge on any atom is 0.247 e. The van der Waals surface area contributed by atoms with Gasteiger partial charge in [0.1, 0.15) is 15.7 Å². The Morgan fingerprint density at radius 3 is 2.79 bits per heavy atom. The van der Waals surface area contributed by atoms with Crippen LogP contribution in [0.3, 0.4) is 0 Å². The monoisotopic (exact) mass is 580 g/mol. The van der Waals surface area contributed by atoms with Gasteiger partial charge in [0.25, 0.3) is 0 Å².